The van der Waals surface area contributed by atoms with E-state index in [-0.39, 0.29) is 23.5 Å². The molecule has 1 aliphatic carbocycles. The summed E-state index contributed by atoms with van der Waals surface area (Å²) in [7, 11) is 0. The number of carboxylic acids is 1. The fraction of sp³-hybridized carbons (Fsp3) is 0.615. The SMILES string of the molecule is CC(C)n1ccnc(NC2CCCC2C(=O)O)c1=O. The van der Waals surface area contributed by atoms with Gasteiger partial charge >= 0.3 is 5.97 Å². The van der Waals surface area contributed by atoms with Crippen LogP contribution in [-0.2, 0) is 4.79 Å². The lowest BCUT2D eigenvalue weighted by molar-refractivity contribution is -0.141. The molecule has 0 radical (unpaired) electrons. The average Bonchev–Trinajstić information content (AvgIpc) is 2.79. The van der Waals surface area contributed by atoms with Crippen molar-refractivity contribution in [3.63, 3.8) is 0 Å². The molecular formula is C13H19N3O3. The molecule has 19 heavy (non-hydrogen) atoms. The molecule has 1 heterocycles. The predicted molar refractivity (Wildman–Crippen MR) is 71.3 cm³/mol. The molecule has 1 aromatic heterocycles. The van der Waals surface area contributed by atoms with Gasteiger partial charge in [-0.25, -0.2) is 4.98 Å². The second kappa shape index (κ2) is 5.42. The molecule has 6 heteroatoms. The maximum Gasteiger partial charge on any atom is 0.308 e. The molecule has 6 nitrogen and oxygen atoms in total. The lowest BCUT2D eigenvalue weighted by atomic mass is 10.0. The van der Waals surface area contributed by atoms with Gasteiger partial charge in [0, 0.05) is 24.5 Å². The summed E-state index contributed by atoms with van der Waals surface area (Å²) in [6.45, 7) is 3.83. The Morgan fingerprint density at radius 1 is 1.53 bits per heavy atom. The summed E-state index contributed by atoms with van der Waals surface area (Å²) in [5.41, 5.74) is -0.200. The van der Waals surface area contributed by atoms with Gasteiger partial charge < -0.3 is 15.0 Å². The maximum atomic E-state index is 12.2. The molecule has 0 aromatic carbocycles. The van der Waals surface area contributed by atoms with Crippen molar-refractivity contribution in [2.24, 2.45) is 5.92 Å². The molecular weight excluding hydrogens is 246 g/mol. The van der Waals surface area contributed by atoms with Crippen molar-refractivity contribution in [2.45, 2.75) is 45.2 Å². The number of anilines is 1. The smallest absolute Gasteiger partial charge is 0.308 e. The van der Waals surface area contributed by atoms with Crippen LogP contribution in [0.15, 0.2) is 17.2 Å². The van der Waals surface area contributed by atoms with E-state index in [1.54, 1.807) is 17.0 Å². The summed E-state index contributed by atoms with van der Waals surface area (Å²) in [5, 5.41) is 12.1. The van der Waals surface area contributed by atoms with Crippen LogP contribution in [0.5, 0.6) is 0 Å². The number of rotatable bonds is 4. The molecule has 0 saturated heterocycles. The van der Waals surface area contributed by atoms with Crippen molar-refractivity contribution >= 4 is 11.8 Å². The van der Waals surface area contributed by atoms with Crippen molar-refractivity contribution < 1.29 is 9.90 Å². The summed E-state index contributed by atoms with van der Waals surface area (Å²) >= 11 is 0. The zero-order chi connectivity index (χ0) is 14.0. The zero-order valence-electron chi connectivity index (χ0n) is 11.2. The van der Waals surface area contributed by atoms with E-state index in [2.05, 4.69) is 10.3 Å². The van der Waals surface area contributed by atoms with E-state index in [1.807, 2.05) is 13.8 Å². The Balaban J connectivity index is 2.22. The third kappa shape index (κ3) is 2.77. The van der Waals surface area contributed by atoms with Gasteiger partial charge in [0.1, 0.15) is 0 Å². The summed E-state index contributed by atoms with van der Waals surface area (Å²) in [5.74, 6) is -1.00. The second-order valence-corrected chi connectivity index (χ2v) is 5.21. The van der Waals surface area contributed by atoms with Crippen molar-refractivity contribution in [3.05, 3.63) is 22.7 Å². The number of hydrogen-bond donors (Lipinski definition) is 2. The second-order valence-electron chi connectivity index (χ2n) is 5.21. The number of aromatic nitrogens is 2. The Morgan fingerprint density at radius 2 is 2.26 bits per heavy atom. The van der Waals surface area contributed by atoms with Crippen LogP contribution in [0.25, 0.3) is 0 Å². The monoisotopic (exact) mass is 265 g/mol. The molecule has 2 N–H and O–H groups in total. The van der Waals surface area contributed by atoms with Crippen molar-refractivity contribution in [1.29, 1.82) is 0 Å². The Bertz CT molecular complexity index is 524. The van der Waals surface area contributed by atoms with E-state index < -0.39 is 11.9 Å². The van der Waals surface area contributed by atoms with Crippen LogP contribution in [0.2, 0.25) is 0 Å². The minimum absolute atomic E-state index is 0.0508. The number of nitrogens with zero attached hydrogens (tertiary/aromatic N) is 2. The molecule has 2 atom stereocenters. The number of carboxylic acid groups (broad SMARTS) is 1. The van der Waals surface area contributed by atoms with E-state index >= 15 is 0 Å². The fourth-order valence-corrected chi connectivity index (χ4v) is 2.53. The van der Waals surface area contributed by atoms with Crippen molar-refractivity contribution in [1.82, 2.24) is 9.55 Å². The Labute approximate surface area is 111 Å². The van der Waals surface area contributed by atoms with E-state index in [0.717, 1.165) is 12.8 Å². The summed E-state index contributed by atoms with van der Waals surface area (Å²) in [6.07, 6.45) is 5.47. The third-order valence-electron chi connectivity index (χ3n) is 3.58. The minimum atomic E-state index is -0.810. The molecule has 104 valence electrons. The lowest BCUT2D eigenvalue weighted by Gasteiger charge is -2.18. The van der Waals surface area contributed by atoms with Gasteiger partial charge in [0.15, 0.2) is 5.82 Å². The molecule has 2 rings (SSSR count). The number of carbonyl (C=O) groups is 1. The van der Waals surface area contributed by atoms with Crippen LogP contribution in [0.4, 0.5) is 5.82 Å². The molecule has 0 aliphatic heterocycles. The summed E-state index contributed by atoms with van der Waals surface area (Å²) < 4.78 is 1.58. The molecule has 0 bridgehead atoms. The quantitative estimate of drug-likeness (QED) is 0.861. The lowest BCUT2D eigenvalue weighted by Crippen LogP contribution is -2.34. The van der Waals surface area contributed by atoms with E-state index in [0.29, 0.717) is 6.42 Å². The normalized spacial score (nSPS) is 22.7. The molecule has 0 spiro atoms. The standard InChI is InChI=1S/C13H19N3O3/c1-8(2)16-7-6-14-11(12(16)17)15-10-5-3-4-9(10)13(18)19/h6-10H,3-5H2,1-2H3,(H,14,15)(H,18,19). The van der Waals surface area contributed by atoms with Crippen molar-refractivity contribution in [3.8, 4) is 0 Å². The van der Waals surface area contributed by atoms with Crippen molar-refractivity contribution in [2.75, 3.05) is 5.32 Å². The molecule has 1 fully saturated rings. The first-order valence-electron chi connectivity index (χ1n) is 6.57. The highest BCUT2D eigenvalue weighted by atomic mass is 16.4. The van der Waals surface area contributed by atoms with Crippen LogP contribution in [0, 0.1) is 5.92 Å². The molecule has 2 unspecified atom stereocenters. The number of nitrogens with one attached hydrogen (secondary N) is 1. The van der Waals surface area contributed by atoms with Crippen LogP contribution < -0.4 is 10.9 Å². The van der Waals surface area contributed by atoms with E-state index in [9.17, 15) is 9.59 Å². The van der Waals surface area contributed by atoms with E-state index in [1.165, 1.54) is 0 Å². The van der Waals surface area contributed by atoms with Gasteiger partial charge in [-0.1, -0.05) is 6.42 Å². The predicted octanol–water partition coefficient (Wildman–Crippen LogP) is 1.49. The maximum absolute atomic E-state index is 12.2. The highest BCUT2D eigenvalue weighted by molar-refractivity contribution is 5.72. The van der Waals surface area contributed by atoms with Gasteiger partial charge in [-0.05, 0) is 26.7 Å². The third-order valence-corrected chi connectivity index (χ3v) is 3.58. The minimum Gasteiger partial charge on any atom is -0.481 e. The van der Waals surface area contributed by atoms with Gasteiger partial charge in [0.05, 0.1) is 5.92 Å². The molecule has 1 saturated carbocycles. The summed E-state index contributed by atoms with van der Waals surface area (Å²) in [6, 6.07) is -0.157. The van der Waals surface area contributed by atoms with Crippen LogP contribution in [0.1, 0.15) is 39.2 Å². The Kier molecular flexibility index (Phi) is 3.87. The fourth-order valence-electron chi connectivity index (χ4n) is 2.53. The first-order chi connectivity index (χ1) is 9.00. The van der Waals surface area contributed by atoms with Gasteiger partial charge in [0.2, 0.25) is 0 Å². The van der Waals surface area contributed by atoms with Crippen LogP contribution >= 0.6 is 0 Å². The number of hydrogen-bond acceptors (Lipinski definition) is 4. The highest BCUT2D eigenvalue weighted by Gasteiger charge is 2.33. The Hall–Kier alpha value is -1.85. The Morgan fingerprint density at radius 3 is 2.89 bits per heavy atom. The van der Waals surface area contributed by atoms with E-state index in [4.69, 9.17) is 5.11 Å². The summed E-state index contributed by atoms with van der Waals surface area (Å²) in [4.78, 5) is 27.3. The molecule has 0 amide bonds. The largest absolute Gasteiger partial charge is 0.481 e. The average molecular weight is 265 g/mol. The van der Waals surface area contributed by atoms with Gasteiger partial charge in [-0.15, -0.1) is 0 Å². The van der Waals surface area contributed by atoms with Gasteiger partial charge in [-0.3, -0.25) is 9.59 Å². The molecule has 1 aliphatic rings. The topological polar surface area (TPSA) is 84.2 Å². The van der Waals surface area contributed by atoms with Gasteiger partial charge in [-0.2, -0.15) is 0 Å². The van der Waals surface area contributed by atoms with Gasteiger partial charge in [0.25, 0.3) is 5.56 Å². The first-order valence-corrected chi connectivity index (χ1v) is 6.57. The number of aliphatic carboxylic acids is 1. The molecule has 1 aromatic rings. The highest BCUT2D eigenvalue weighted by Crippen LogP contribution is 2.27. The van der Waals surface area contributed by atoms with Crippen LogP contribution in [0.3, 0.4) is 0 Å². The zero-order valence-corrected chi connectivity index (χ0v) is 11.2. The first kappa shape index (κ1) is 13.6. The van der Waals surface area contributed by atoms with Crippen LogP contribution in [-0.4, -0.2) is 26.7 Å².